The summed E-state index contributed by atoms with van der Waals surface area (Å²) in [6.45, 7) is 0. The summed E-state index contributed by atoms with van der Waals surface area (Å²) in [5, 5.41) is 0.474. The molecule has 0 rings (SSSR count). The Kier molecular flexibility index (Phi) is 5.28. The number of halogens is 4. The van der Waals surface area contributed by atoms with Crippen LogP contribution in [-0.2, 0) is 0 Å². The van der Waals surface area contributed by atoms with Gasteiger partial charge >= 0.3 is 0 Å². The zero-order chi connectivity index (χ0) is 6.57. The molecule has 0 N–H and O–H groups in total. The van der Waals surface area contributed by atoms with Gasteiger partial charge in [-0.25, -0.2) is 0 Å². The first-order chi connectivity index (χ1) is 3.66. The van der Waals surface area contributed by atoms with E-state index in [9.17, 15) is 0 Å². The third-order valence-electron chi connectivity index (χ3n) is 0.468. The summed E-state index contributed by atoms with van der Waals surface area (Å²) in [5.74, 6) is 0. The van der Waals surface area contributed by atoms with Crippen LogP contribution in [0.2, 0.25) is 0 Å². The van der Waals surface area contributed by atoms with Gasteiger partial charge in [-0.2, -0.15) is 0 Å². The quantitative estimate of drug-likeness (QED) is 0.590. The Bertz CT molecular complexity index is 86.0. The summed E-state index contributed by atoms with van der Waals surface area (Å²) >= 11 is 21.3. The number of hydrogen-bond donors (Lipinski definition) is 0. The van der Waals surface area contributed by atoms with Crippen LogP contribution in [0.3, 0.4) is 0 Å². The van der Waals surface area contributed by atoms with Crippen LogP contribution >= 0.6 is 46.4 Å². The van der Waals surface area contributed by atoms with Crippen molar-refractivity contribution in [2.45, 2.75) is 11.3 Å². The second-order valence-electron chi connectivity index (χ2n) is 1.15. The molecule has 0 aromatic heterocycles. The Balaban J connectivity index is 3.39. The number of rotatable bonds is 2. The van der Waals surface area contributed by atoms with Gasteiger partial charge in [-0.3, -0.25) is 0 Å². The predicted octanol–water partition coefficient (Wildman–Crippen LogP) is 3.50. The molecule has 0 aliphatic heterocycles. The smallest absolute Gasteiger partial charge is 0.105 e. The molecule has 48 valence electrons. The highest BCUT2D eigenvalue weighted by molar-refractivity contribution is 6.45. The Morgan fingerprint density at radius 3 is 2.12 bits per heavy atom. The zero-order valence-corrected chi connectivity index (χ0v) is 6.90. The number of hydrogen-bond acceptors (Lipinski definition) is 0. The van der Waals surface area contributed by atoms with Crippen molar-refractivity contribution < 1.29 is 0 Å². The molecule has 0 aliphatic rings. The fourth-order valence-corrected chi connectivity index (χ4v) is 0.926. The van der Waals surface area contributed by atoms with Crippen LogP contribution in [-0.4, -0.2) is 4.84 Å². The van der Waals surface area contributed by atoms with Crippen LogP contribution in [0.5, 0.6) is 0 Å². The molecule has 0 saturated heterocycles. The lowest BCUT2D eigenvalue weighted by atomic mass is 10.5. The molecule has 0 nitrogen and oxygen atoms in total. The lowest BCUT2D eigenvalue weighted by Crippen LogP contribution is -1.83. The highest BCUT2D eigenvalue weighted by atomic mass is 35.5. The molecule has 0 amide bonds. The van der Waals surface area contributed by atoms with Crippen LogP contribution in [0.4, 0.5) is 0 Å². The second kappa shape index (κ2) is 4.75. The molecule has 0 heterocycles. The number of allylic oxidation sites excluding steroid dienone is 1. The molecular weight excluding hydrogens is 190 g/mol. The van der Waals surface area contributed by atoms with Crippen molar-refractivity contribution in [3.05, 3.63) is 10.6 Å². The third kappa shape index (κ3) is 5.04. The van der Waals surface area contributed by atoms with E-state index in [1.54, 1.807) is 0 Å². The van der Waals surface area contributed by atoms with Crippen LogP contribution in [0.1, 0.15) is 6.42 Å². The molecule has 0 unspecified atom stereocenters. The molecule has 0 aromatic carbocycles. The van der Waals surface area contributed by atoms with Gasteiger partial charge in [0.25, 0.3) is 0 Å². The largest absolute Gasteiger partial charge is 0.112 e. The molecular formula is C4H4Cl4. The highest BCUT2D eigenvalue weighted by Gasteiger charge is 1.99. The van der Waals surface area contributed by atoms with Gasteiger partial charge in [0.2, 0.25) is 0 Å². The van der Waals surface area contributed by atoms with Gasteiger partial charge in [-0.05, 0) is 0 Å². The summed E-state index contributed by atoms with van der Waals surface area (Å²) in [5.41, 5.74) is 1.25. The van der Waals surface area contributed by atoms with E-state index in [1.165, 1.54) is 5.54 Å². The van der Waals surface area contributed by atoms with E-state index in [0.29, 0.717) is 11.5 Å². The van der Waals surface area contributed by atoms with Crippen molar-refractivity contribution in [1.82, 2.24) is 0 Å². The van der Waals surface area contributed by atoms with Gasteiger partial charge in [0.05, 0.1) is 0 Å². The SMILES string of the molecule is ClC=C(Cl)CC(Cl)Cl. The van der Waals surface area contributed by atoms with Crippen molar-refractivity contribution in [3.8, 4) is 0 Å². The topological polar surface area (TPSA) is 0 Å². The summed E-state index contributed by atoms with van der Waals surface area (Å²) in [4.78, 5) is -0.461. The zero-order valence-electron chi connectivity index (χ0n) is 3.87. The molecule has 0 aromatic rings. The molecule has 0 saturated carbocycles. The minimum absolute atomic E-state index is 0.411. The maximum atomic E-state index is 5.42. The summed E-state index contributed by atoms with van der Waals surface area (Å²) in [7, 11) is 0. The summed E-state index contributed by atoms with van der Waals surface area (Å²) in [6.07, 6.45) is 0.411. The first-order valence-corrected chi connectivity index (χ1v) is 3.58. The van der Waals surface area contributed by atoms with Crippen molar-refractivity contribution in [2.24, 2.45) is 0 Å². The second-order valence-corrected chi connectivity index (χ2v) is 3.13. The first-order valence-electron chi connectivity index (χ1n) is 1.89. The molecule has 0 fully saturated rings. The van der Waals surface area contributed by atoms with E-state index < -0.39 is 4.84 Å². The summed E-state index contributed by atoms with van der Waals surface area (Å²) in [6, 6.07) is 0. The van der Waals surface area contributed by atoms with Gasteiger partial charge in [-0.1, -0.05) is 23.2 Å². The monoisotopic (exact) mass is 192 g/mol. The normalized spacial score (nSPS) is 12.9. The fraction of sp³-hybridized carbons (Fsp3) is 0.500. The van der Waals surface area contributed by atoms with E-state index in [1.807, 2.05) is 0 Å². The van der Waals surface area contributed by atoms with Crippen LogP contribution in [0.25, 0.3) is 0 Å². The fourth-order valence-electron chi connectivity index (χ4n) is 0.192. The average Bonchev–Trinajstić information content (AvgIpc) is 1.65. The molecule has 0 atom stereocenters. The maximum absolute atomic E-state index is 5.42. The molecule has 4 heteroatoms. The molecule has 0 spiro atoms. The Morgan fingerprint density at radius 1 is 1.50 bits per heavy atom. The third-order valence-corrected chi connectivity index (χ3v) is 1.41. The van der Waals surface area contributed by atoms with Crippen molar-refractivity contribution in [2.75, 3.05) is 0 Å². The number of alkyl halides is 2. The van der Waals surface area contributed by atoms with Crippen LogP contribution < -0.4 is 0 Å². The van der Waals surface area contributed by atoms with E-state index in [-0.39, 0.29) is 0 Å². The Labute approximate surface area is 68.4 Å². The molecule has 0 radical (unpaired) electrons. The minimum atomic E-state index is -0.461. The van der Waals surface area contributed by atoms with Crippen molar-refractivity contribution in [1.29, 1.82) is 0 Å². The van der Waals surface area contributed by atoms with Gasteiger partial charge in [0.1, 0.15) is 4.84 Å². The summed E-state index contributed by atoms with van der Waals surface area (Å²) < 4.78 is 0. The van der Waals surface area contributed by atoms with Crippen LogP contribution in [0, 0.1) is 0 Å². The highest BCUT2D eigenvalue weighted by Crippen LogP contribution is 2.17. The van der Waals surface area contributed by atoms with E-state index in [0.717, 1.165) is 0 Å². The molecule has 8 heavy (non-hydrogen) atoms. The minimum Gasteiger partial charge on any atom is -0.105 e. The Morgan fingerprint density at radius 2 is 2.00 bits per heavy atom. The van der Waals surface area contributed by atoms with Gasteiger partial charge in [0, 0.05) is 17.0 Å². The van der Waals surface area contributed by atoms with E-state index in [4.69, 9.17) is 46.4 Å². The molecule has 0 aliphatic carbocycles. The average molecular weight is 194 g/mol. The standard InChI is InChI=1S/C4H4Cl4/c5-2-3(6)1-4(7)8/h2,4H,1H2. The molecule has 0 bridgehead atoms. The lowest BCUT2D eigenvalue weighted by molar-refractivity contribution is 1.13. The van der Waals surface area contributed by atoms with Gasteiger partial charge < -0.3 is 0 Å². The first kappa shape index (κ1) is 8.90. The van der Waals surface area contributed by atoms with Crippen molar-refractivity contribution >= 4 is 46.4 Å². The van der Waals surface area contributed by atoms with Crippen molar-refractivity contribution in [3.63, 3.8) is 0 Å². The lowest BCUT2D eigenvalue weighted by Gasteiger charge is -1.94. The van der Waals surface area contributed by atoms with Gasteiger partial charge in [0.15, 0.2) is 0 Å². The Hall–Kier alpha value is 0.900. The predicted molar refractivity (Wildman–Crippen MR) is 39.9 cm³/mol. The van der Waals surface area contributed by atoms with E-state index in [2.05, 4.69) is 0 Å². The van der Waals surface area contributed by atoms with E-state index >= 15 is 0 Å². The maximum Gasteiger partial charge on any atom is 0.112 e. The van der Waals surface area contributed by atoms with Gasteiger partial charge in [-0.15, -0.1) is 23.2 Å². The van der Waals surface area contributed by atoms with Crippen LogP contribution in [0.15, 0.2) is 10.6 Å².